The fourth-order valence-corrected chi connectivity index (χ4v) is 3.03. The van der Waals surface area contributed by atoms with E-state index in [4.69, 9.17) is 0 Å². The van der Waals surface area contributed by atoms with Gasteiger partial charge in [-0.25, -0.2) is 9.97 Å². The van der Waals surface area contributed by atoms with Gasteiger partial charge < -0.3 is 20.2 Å². The number of H-pyrrole nitrogens is 2. The van der Waals surface area contributed by atoms with Crippen molar-refractivity contribution >= 4 is 5.69 Å². The number of aryl methyl sites for hydroxylation is 2. The number of nitro benzene ring substituents is 1. The van der Waals surface area contributed by atoms with E-state index in [9.17, 15) is 29.9 Å². The Labute approximate surface area is 156 Å². The van der Waals surface area contributed by atoms with Gasteiger partial charge in [-0.2, -0.15) is 0 Å². The van der Waals surface area contributed by atoms with Crippen LogP contribution in [-0.2, 0) is 0 Å². The second kappa shape index (κ2) is 6.95. The molecular formula is C17H15N5O6. The minimum absolute atomic E-state index is 0.0922. The molecule has 0 radical (unpaired) electrons. The first-order valence-corrected chi connectivity index (χ1v) is 8.03. The summed E-state index contributed by atoms with van der Waals surface area (Å²) in [7, 11) is 0. The van der Waals surface area contributed by atoms with Crippen molar-refractivity contribution in [3.8, 4) is 11.8 Å². The molecule has 2 heterocycles. The highest BCUT2D eigenvalue weighted by molar-refractivity contribution is 5.55. The van der Waals surface area contributed by atoms with Crippen LogP contribution in [0, 0.1) is 24.0 Å². The molecule has 1 aromatic carbocycles. The van der Waals surface area contributed by atoms with Crippen LogP contribution in [0.25, 0.3) is 0 Å². The largest absolute Gasteiger partial charge is 0.493 e. The number of nitrogens with zero attached hydrogens (tertiary/aromatic N) is 3. The molecule has 11 heteroatoms. The molecule has 0 atom stereocenters. The normalized spacial score (nSPS) is 11.0. The quantitative estimate of drug-likeness (QED) is 0.379. The molecule has 3 aromatic rings. The van der Waals surface area contributed by atoms with Gasteiger partial charge in [0, 0.05) is 11.6 Å². The van der Waals surface area contributed by atoms with Gasteiger partial charge in [0.1, 0.15) is 11.6 Å². The molecule has 0 aliphatic rings. The second-order valence-corrected chi connectivity index (χ2v) is 6.03. The van der Waals surface area contributed by atoms with E-state index in [2.05, 4.69) is 19.9 Å². The lowest BCUT2D eigenvalue weighted by Crippen LogP contribution is -2.26. The minimum Gasteiger partial charge on any atom is -0.493 e. The summed E-state index contributed by atoms with van der Waals surface area (Å²) in [5.41, 5.74) is -2.98. The first-order chi connectivity index (χ1) is 13.2. The van der Waals surface area contributed by atoms with Gasteiger partial charge >= 0.3 is 0 Å². The first kappa shape index (κ1) is 18.8. The van der Waals surface area contributed by atoms with Gasteiger partial charge in [-0.15, -0.1) is 0 Å². The summed E-state index contributed by atoms with van der Waals surface area (Å²) in [6, 6.07) is 5.38. The summed E-state index contributed by atoms with van der Waals surface area (Å²) in [6.07, 6.45) is 0. The van der Waals surface area contributed by atoms with Gasteiger partial charge in [-0.05, 0) is 13.8 Å². The number of para-hydroxylation sites is 1. The van der Waals surface area contributed by atoms with Crippen molar-refractivity contribution in [2.24, 2.45) is 0 Å². The van der Waals surface area contributed by atoms with E-state index in [1.807, 2.05) is 0 Å². The number of rotatable bonds is 4. The average Bonchev–Trinajstić information content (AvgIpc) is 2.58. The molecule has 0 bridgehead atoms. The molecule has 144 valence electrons. The molecule has 28 heavy (non-hydrogen) atoms. The monoisotopic (exact) mass is 385 g/mol. The van der Waals surface area contributed by atoms with Crippen LogP contribution in [0.15, 0.2) is 33.9 Å². The average molecular weight is 385 g/mol. The molecule has 0 saturated heterocycles. The third-order valence-electron chi connectivity index (χ3n) is 4.13. The zero-order valence-corrected chi connectivity index (χ0v) is 14.8. The summed E-state index contributed by atoms with van der Waals surface area (Å²) in [5.74, 6) is -2.72. The number of benzene rings is 1. The maximum atomic E-state index is 12.6. The first-order valence-electron chi connectivity index (χ1n) is 8.03. The molecule has 4 N–H and O–H groups in total. The molecule has 0 amide bonds. The Kier molecular flexibility index (Phi) is 4.65. The smallest absolute Gasteiger partial charge is 0.273 e. The number of aromatic amines is 2. The van der Waals surface area contributed by atoms with Crippen molar-refractivity contribution in [1.82, 2.24) is 19.9 Å². The molecule has 0 spiro atoms. The Balaban J connectivity index is 2.47. The molecular weight excluding hydrogens is 370 g/mol. The van der Waals surface area contributed by atoms with Crippen molar-refractivity contribution in [3.63, 3.8) is 0 Å². The molecule has 0 saturated carbocycles. The number of hydrogen-bond acceptors (Lipinski definition) is 8. The molecule has 2 aromatic heterocycles. The predicted octanol–water partition coefficient (Wildman–Crippen LogP) is 0.970. The van der Waals surface area contributed by atoms with Gasteiger partial charge in [0.15, 0.2) is 0 Å². The molecule has 11 nitrogen and oxygen atoms in total. The highest BCUT2D eigenvalue weighted by atomic mass is 16.6. The van der Waals surface area contributed by atoms with Crippen LogP contribution in [0.5, 0.6) is 11.8 Å². The van der Waals surface area contributed by atoms with E-state index in [1.54, 1.807) is 0 Å². The fourth-order valence-electron chi connectivity index (χ4n) is 3.03. The van der Waals surface area contributed by atoms with Gasteiger partial charge in [0.2, 0.25) is 11.8 Å². The standard InChI is InChI=1S/C17H15N5O6/c1-7-18-14(23)12(15(24)19-7)11(9-5-3-4-6-10(9)22(27)28)13-16(25)20-8(2)21-17(13)26/h3-6,11H,1-2H3,(H2,18,19,23,24)(H2,20,21,25,26). The molecule has 0 aliphatic carbocycles. The lowest BCUT2D eigenvalue weighted by molar-refractivity contribution is -0.385. The summed E-state index contributed by atoms with van der Waals surface area (Å²) < 4.78 is 0. The molecule has 3 rings (SSSR count). The number of nitrogens with one attached hydrogen (secondary N) is 2. The van der Waals surface area contributed by atoms with E-state index in [0.717, 1.165) is 0 Å². The number of nitro groups is 1. The second-order valence-electron chi connectivity index (χ2n) is 6.03. The summed E-state index contributed by atoms with van der Waals surface area (Å²) >= 11 is 0. The highest BCUT2D eigenvalue weighted by Gasteiger charge is 2.34. The SMILES string of the molecule is Cc1nc(O)c(C(c2ccccc2[N+](=O)[O-])c2c(O)nc(C)[nH]c2=O)c(=O)[nH]1. The lowest BCUT2D eigenvalue weighted by atomic mass is 9.86. The predicted molar refractivity (Wildman–Crippen MR) is 96.6 cm³/mol. The van der Waals surface area contributed by atoms with Crippen LogP contribution in [0.1, 0.15) is 34.3 Å². The third kappa shape index (κ3) is 3.20. The summed E-state index contributed by atoms with van der Waals surface area (Å²) in [5, 5.41) is 32.1. The van der Waals surface area contributed by atoms with Crippen LogP contribution >= 0.6 is 0 Å². The Morgan fingerprint density at radius 2 is 1.43 bits per heavy atom. The van der Waals surface area contributed by atoms with Crippen LogP contribution in [-0.4, -0.2) is 35.1 Å². The topological polar surface area (TPSA) is 175 Å². The molecule has 0 fully saturated rings. The van der Waals surface area contributed by atoms with Gasteiger partial charge in [-0.3, -0.25) is 19.7 Å². The van der Waals surface area contributed by atoms with Crippen LogP contribution in [0.3, 0.4) is 0 Å². The van der Waals surface area contributed by atoms with Crippen molar-refractivity contribution in [2.45, 2.75) is 19.8 Å². The Hall–Kier alpha value is -4.02. The third-order valence-corrected chi connectivity index (χ3v) is 4.13. The van der Waals surface area contributed by atoms with Crippen LogP contribution in [0.2, 0.25) is 0 Å². The Morgan fingerprint density at radius 1 is 0.964 bits per heavy atom. The van der Waals surface area contributed by atoms with Gasteiger partial charge in [0.25, 0.3) is 16.8 Å². The van der Waals surface area contributed by atoms with E-state index in [0.29, 0.717) is 0 Å². The Bertz CT molecular complexity index is 1130. The summed E-state index contributed by atoms with van der Waals surface area (Å²) in [4.78, 5) is 48.3. The maximum Gasteiger partial charge on any atom is 0.273 e. The molecule has 0 unspecified atom stereocenters. The van der Waals surface area contributed by atoms with Crippen molar-refractivity contribution < 1.29 is 15.1 Å². The van der Waals surface area contributed by atoms with Crippen LogP contribution < -0.4 is 11.1 Å². The number of aromatic nitrogens is 4. The van der Waals surface area contributed by atoms with E-state index in [-0.39, 0.29) is 17.2 Å². The molecule has 0 aliphatic heterocycles. The number of hydrogen-bond donors (Lipinski definition) is 4. The fraction of sp³-hybridized carbons (Fsp3) is 0.176. The van der Waals surface area contributed by atoms with Crippen LogP contribution in [0.4, 0.5) is 5.69 Å². The zero-order valence-electron chi connectivity index (χ0n) is 14.8. The zero-order chi connectivity index (χ0) is 20.6. The van der Waals surface area contributed by atoms with E-state index < -0.39 is 50.5 Å². The minimum atomic E-state index is -1.49. The van der Waals surface area contributed by atoms with Crippen molar-refractivity contribution in [2.75, 3.05) is 0 Å². The van der Waals surface area contributed by atoms with E-state index in [1.165, 1.54) is 38.1 Å². The summed E-state index contributed by atoms with van der Waals surface area (Å²) in [6.45, 7) is 2.87. The highest BCUT2D eigenvalue weighted by Crippen LogP contribution is 2.39. The Morgan fingerprint density at radius 3 is 1.86 bits per heavy atom. The van der Waals surface area contributed by atoms with Crippen molar-refractivity contribution in [1.29, 1.82) is 0 Å². The van der Waals surface area contributed by atoms with Gasteiger partial charge in [-0.1, -0.05) is 18.2 Å². The maximum absolute atomic E-state index is 12.6. The van der Waals surface area contributed by atoms with Gasteiger partial charge in [0.05, 0.1) is 22.0 Å². The van der Waals surface area contributed by atoms with E-state index >= 15 is 0 Å². The number of aromatic hydroxyl groups is 2. The van der Waals surface area contributed by atoms with Crippen molar-refractivity contribution in [3.05, 3.63) is 83.4 Å². The lowest BCUT2D eigenvalue weighted by Gasteiger charge is -2.18.